The van der Waals surface area contributed by atoms with Crippen molar-refractivity contribution in [3.8, 4) is 11.4 Å². The second-order valence-electron chi connectivity index (χ2n) is 5.59. The third-order valence-corrected chi connectivity index (χ3v) is 4.10. The van der Waals surface area contributed by atoms with Gasteiger partial charge in [-0.3, -0.25) is 4.79 Å². The van der Waals surface area contributed by atoms with Crippen LogP contribution in [0.2, 0.25) is 0 Å². The molecule has 0 fully saturated rings. The van der Waals surface area contributed by atoms with Crippen molar-refractivity contribution in [2.24, 2.45) is 0 Å². The van der Waals surface area contributed by atoms with Gasteiger partial charge in [0.2, 0.25) is 0 Å². The van der Waals surface area contributed by atoms with Crippen LogP contribution in [0.25, 0.3) is 22.4 Å². The topological polar surface area (TPSA) is 46.9 Å². The van der Waals surface area contributed by atoms with E-state index in [4.69, 9.17) is 0 Å². The molecule has 0 saturated carbocycles. The quantitative estimate of drug-likeness (QED) is 0.742. The summed E-state index contributed by atoms with van der Waals surface area (Å²) in [5.74, 6) is 0.390. The van der Waals surface area contributed by atoms with E-state index in [0.717, 1.165) is 12.1 Å². The number of nitrogens with one attached hydrogen (secondary N) is 1. The van der Waals surface area contributed by atoms with Crippen LogP contribution in [0.15, 0.2) is 42.5 Å². The van der Waals surface area contributed by atoms with E-state index in [1.165, 1.54) is 12.1 Å². The van der Waals surface area contributed by atoms with Crippen LogP contribution in [0.5, 0.6) is 0 Å². The molecule has 0 unspecified atom stereocenters. The Hall–Kier alpha value is -2.83. The SMILES string of the molecule is O=C1NCCn2c(-c3ccc(C(F)(F)F)cc3)nc3cccc1c32. The first-order valence-corrected chi connectivity index (χ1v) is 7.40. The number of halogens is 3. The molecule has 0 aliphatic carbocycles. The van der Waals surface area contributed by atoms with Crippen molar-refractivity contribution in [1.82, 2.24) is 14.9 Å². The zero-order chi connectivity index (χ0) is 16.9. The zero-order valence-electron chi connectivity index (χ0n) is 12.4. The third-order valence-electron chi connectivity index (χ3n) is 4.10. The molecule has 0 bridgehead atoms. The molecule has 0 spiro atoms. The van der Waals surface area contributed by atoms with Crippen LogP contribution in [0, 0.1) is 0 Å². The number of carbonyl (C=O) groups excluding carboxylic acids is 1. The van der Waals surface area contributed by atoms with Crippen LogP contribution in [0.1, 0.15) is 15.9 Å². The van der Waals surface area contributed by atoms with Gasteiger partial charge in [-0.15, -0.1) is 0 Å². The predicted octanol–water partition coefficient (Wildman–Crippen LogP) is 3.47. The normalized spacial score (nSPS) is 14.5. The number of hydrogen-bond acceptors (Lipinski definition) is 2. The van der Waals surface area contributed by atoms with Gasteiger partial charge in [-0.05, 0) is 24.3 Å². The van der Waals surface area contributed by atoms with Gasteiger partial charge >= 0.3 is 6.18 Å². The summed E-state index contributed by atoms with van der Waals surface area (Å²) in [6.07, 6.45) is -4.37. The molecule has 1 aliphatic rings. The van der Waals surface area contributed by atoms with Gasteiger partial charge in [0.1, 0.15) is 5.82 Å². The van der Waals surface area contributed by atoms with Crippen LogP contribution in [0.4, 0.5) is 13.2 Å². The zero-order valence-corrected chi connectivity index (χ0v) is 12.4. The van der Waals surface area contributed by atoms with Crippen molar-refractivity contribution in [1.29, 1.82) is 0 Å². The largest absolute Gasteiger partial charge is 0.416 e. The first kappa shape index (κ1) is 14.7. The molecule has 1 aromatic heterocycles. The number of benzene rings is 2. The molecule has 7 heteroatoms. The van der Waals surface area contributed by atoms with Gasteiger partial charge in [-0.1, -0.05) is 18.2 Å². The van der Waals surface area contributed by atoms with Gasteiger partial charge in [-0.2, -0.15) is 13.2 Å². The fourth-order valence-corrected chi connectivity index (χ4v) is 2.99. The molecule has 3 aromatic rings. The smallest absolute Gasteiger partial charge is 0.350 e. The summed E-state index contributed by atoms with van der Waals surface area (Å²) in [5, 5.41) is 2.81. The number of aromatic nitrogens is 2. The van der Waals surface area contributed by atoms with Gasteiger partial charge in [0.05, 0.1) is 22.2 Å². The minimum atomic E-state index is -4.37. The number of nitrogens with zero attached hydrogens (tertiary/aromatic N) is 2. The van der Waals surface area contributed by atoms with E-state index in [0.29, 0.717) is 41.1 Å². The second kappa shape index (κ2) is 5.09. The average molecular weight is 331 g/mol. The lowest BCUT2D eigenvalue weighted by Gasteiger charge is -2.09. The highest BCUT2D eigenvalue weighted by molar-refractivity contribution is 6.06. The van der Waals surface area contributed by atoms with Crippen LogP contribution < -0.4 is 5.32 Å². The minimum absolute atomic E-state index is 0.168. The molecule has 2 aromatic carbocycles. The molecular formula is C17H12F3N3O. The molecule has 4 nitrogen and oxygen atoms in total. The molecule has 1 aliphatic heterocycles. The lowest BCUT2D eigenvalue weighted by Crippen LogP contribution is -2.24. The van der Waals surface area contributed by atoms with Gasteiger partial charge in [0, 0.05) is 18.7 Å². The van der Waals surface area contributed by atoms with Crippen LogP contribution in [0.3, 0.4) is 0 Å². The van der Waals surface area contributed by atoms with E-state index in [2.05, 4.69) is 10.3 Å². The summed E-state index contributed by atoms with van der Waals surface area (Å²) in [6.45, 7) is 0.947. The average Bonchev–Trinajstić information content (AvgIpc) is 2.83. The molecule has 24 heavy (non-hydrogen) atoms. The van der Waals surface area contributed by atoms with E-state index in [1.807, 2.05) is 4.57 Å². The summed E-state index contributed by atoms with van der Waals surface area (Å²) >= 11 is 0. The van der Waals surface area contributed by atoms with Crippen LogP contribution in [-0.2, 0) is 12.7 Å². The van der Waals surface area contributed by atoms with Gasteiger partial charge in [0.25, 0.3) is 5.91 Å². The summed E-state index contributed by atoms with van der Waals surface area (Å²) in [7, 11) is 0. The van der Waals surface area contributed by atoms with E-state index < -0.39 is 11.7 Å². The molecule has 1 N–H and O–H groups in total. The fraction of sp³-hybridized carbons (Fsp3) is 0.176. The molecule has 0 saturated heterocycles. The van der Waals surface area contributed by atoms with Crippen molar-refractivity contribution in [2.75, 3.05) is 6.54 Å². The third kappa shape index (κ3) is 2.24. The highest BCUT2D eigenvalue weighted by atomic mass is 19.4. The van der Waals surface area contributed by atoms with E-state index in [-0.39, 0.29) is 5.91 Å². The summed E-state index contributed by atoms with van der Waals surface area (Å²) < 4.78 is 40.1. The summed E-state index contributed by atoms with van der Waals surface area (Å²) in [4.78, 5) is 16.6. The summed E-state index contributed by atoms with van der Waals surface area (Å²) in [6, 6.07) is 10.2. The maximum Gasteiger partial charge on any atom is 0.416 e. The van der Waals surface area contributed by atoms with Gasteiger partial charge in [0.15, 0.2) is 0 Å². The van der Waals surface area contributed by atoms with Crippen molar-refractivity contribution < 1.29 is 18.0 Å². The van der Waals surface area contributed by atoms with E-state index in [1.54, 1.807) is 18.2 Å². The molecule has 1 amide bonds. The Balaban J connectivity index is 1.90. The number of rotatable bonds is 1. The van der Waals surface area contributed by atoms with Crippen molar-refractivity contribution >= 4 is 16.9 Å². The number of imidazole rings is 1. The fourth-order valence-electron chi connectivity index (χ4n) is 2.99. The highest BCUT2D eigenvalue weighted by Gasteiger charge is 2.30. The number of amides is 1. The highest BCUT2D eigenvalue weighted by Crippen LogP contribution is 2.32. The molecule has 2 heterocycles. The number of hydrogen-bond donors (Lipinski definition) is 1. The Morgan fingerprint density at radius 3 is 2.54 bits per heavy atom. The first-order chi connectivity index (χ1) is 11.4. The molecular weight excluding hydrogens is 319 g/mol. The number of para-hydroxylation sites is 1. The lowest BCUT2D eigenvalue weighted by molar-refractivity contribution is -0.137. The Bertz CT molecular complexity index is 942. The van der Waals surface area contributed by atoms with Crippen molar-refractivity contribution in [3.63, 3.8) is 0 Å². The maximum atomic E-state index is 12.7. The summed E-state index contributed by atoms with van der Waals surface area (Å²) in [5.41, 5.74) is 1.77. The Morgan fingerprint density at radius 2 is 1.83 bits per heavy atom. The lowest BCUT2D eigenvalue weighted by atomic mass is 10.1. The first-order valence-electron chi connectivity index (χ1n) is 7.40. The Labute approximate surface area is 134 Å². The molecule has 122 valence electrons. The predicted molar refractivity (Wildman–Crippen MR) is 82.5 cm³/mol. The van der Waals surface area contributed by atoms with Crippen LogP contribution in [-0.4, -0.2) is 22.0 Å². The van der Waals surface area contributed by atoms with E-state index in [9.17, 15) is 18.0 Å². The number of carbonyl (C=O) groups is 1. The molecule has 0 radical (unpaired) electrons. The van der Waals surface area contributed by atoms with Gasteiger partial charge in [-0.25, -0.2) is 4.98 Å². The van der Waals surface area contributed by atoms with Gasteiger partial charge < -0.3 is 9.88 Å². The molecule has 0 atom stereocenters. The van der Waals surface area contributed by atoms with Crippen molar-refractivity contribution in [2.45, 2.75) is 12.7 Å². The second-order valence-corrected chi connectivity index (χ2v) is 5.59. The minimum Gasteiger partial charge on any atom is -0.350 e. The standard InChI is InChI=1S/C17H12F3N3O/c18-17(19,20)11-6-4-10(5-7-11)15-22-13-3-1-2-12-14(13)23(15)9-8-21-16(12)24/h1-7H,8-9H2,(H,21,24). The van der Waals surface area contributed by atoms with Crippen molar-refractivity contribution in [3.05, 3.63) is 53.6 Å². The monoisotopic (exact) mass is 331 g/mol. The maximum absolute atomic E-state index is 12.7. The molecule has 4 rings (SSSR count). The van der Waals surface area contributed by atoms with E-state index >= 15 is 0 Å². The number of alkyl halides is 3. The Morgan fingerprint density at radius 1 is 1.08 bits per heavy atom. The van der Waals surface area contributed by atoms with Crippen LogP contribution >= 0.6 is 0 Å². The Kier molecular flexibility index (Phi) is 3.13.